The summed E-state index contributed by atoms with van der Waals surface area (Å²) in [6.45, 7) is 6.11. The number of hydrogen-bond acceptors (Lipinski definition) is 2. The van der Waals surface area contributed by atoms with Crippen LogP contribution < -0.4 is 5.32 Å². The Kier molecular flexibility index (Phi) is 4.18. The summed E-state index contributed by atoms with van der Waals surface area (Å²) in [4.78, 5) is 12.6. The molecule has 2 nitrogen and oxygen atoms in total. The van der Waals surface area contributed by atoms with Crippen LogP contribution in [0.25, 0.3) is 0 Å². The Balaban J connectivity index is 2.13. The van der Waals surface area contributed by atoms with E-state index < -0.39 is 0 Å². The van der Waals surface area contributed by atoms with E-state index in [4.69, 9.17) is 0 Å². The molecule has 18 heavy (non-hydrogen) atoms. The second kappa shape index (κ2) is 5.66. The van der Waals surface area contributed by atoms with E-state index in [0.29, 0.717) is 12.2 Å². The van der Waals surface area contributed by atoms with Crippen molar-refractivity contribution in [2.45, 2.75) is 39.5 Å². The summed E-state index contributed by atoms with van der Waals surface area (Å²) in [6, 6.07) is 8.22. The van der Waals surface area contributed by atoms with E-state index in [1.807, 2.05) is 12.1 Å². The Morgan fingerprint density at radius 3 is 2.78 bits per heavy atom. The van der Waals surface area contributed by atoms with Gasteiger partial charge in [0.2, 0.25) is 0 Å². The molecule has 1 atom stereocenters. The molecule has 0 radical (unpaired) electrons. The van der Waals surface area contributed by atoms with Crippen molar-refractivity contribution in [1.82, 2.24) is 5.32 Å². The van der Waals surface area contributed by atoms with Crippen LogP contribution in [-0.2, 0) is 11.2 Å². The molecule has 0 amide bonds. The molecule has 0 spiro atoms. The molecule has 2 rings (SSSR count). The zero-order valence-electron chi connectivity index (χ0n) is 11.5. The van der Waals surface area contributed by atoms with Gasteiger partial charge in [-0.2, -0.15) is 0 Å². The highest BCUT2D eigenvalue weighted by Crippen LogP contribution is 2.33. The molecule has 0 aliphatic carbocycles. The first kappa shape index (κ1) is 13.3. The number of carbonyl (C=O) groups is 1. The quantitative estimate of drug-likeness (QED) is 0.864. The topological polar surface area (TPSA) is 29.1 Å². The van der Waals surface area contributed by atoms with E-state index in [1.54, 1.807) is 0 Å². The molecule has 1 N–H and O–H groups in total. The lowest BCUT2D eigenvalue weighted by Gasteiger charge is -2.26. The van der Waals surface area contributed by atoms with Crippen molar-refractivity contribution in [3.63, 3.8) is 0 Å². The van der Waals surface area contributed by atoms with Crippen molar-refractivity contribution in [2.75, 3.05) is 13.1 Å². The molecular formula is C16H23NO. The number of Topliss-reactive ketones (excluding diaryl/α,β-unsaturated/α-hetero) is 1. The monoisotopic (exact) mass is 245 g/mol. The lowest BCUT2D eigenvalue weighted by atomic mass is 9.76. The van der Waals surface area contributed by atoms with Gasteiger partial charge in [0, 0.05) is 18.4 Å². The Morgan fingerprint density at radius 1 is 1.39 bits per heavy atom. The van der Waals surface area contributed by atoms with Gasteiger partial charge in [-0.05, 0) is 37.4 Å². The SMILES string of the molecule is CCCC1(C(=O)Cc2ccccc2C)CCNC1. The number of benzene rings is 1. The summed E-state index contributed by atoms with van der Waals surface area (Å²) in [5, 5.41) is 3.36. The van der Waals surface area contributed by atoms with Crippen LogP contribution in [0.2, 0.25) is 0 Å². The second-order valence-electron chi connectivity index (χ2n) is 5.48. The maximum atomic E-state index is 12.6. The summed E-state index contributed by atoms with van der Waals surface area (Å²) in [5.41, 5.74) is 2.31. The molecule has 98 valence electrons. The van der Waals surface area contributed by atoms with Gasteiger partial charge in [0.25, 0.3) is 0 Å². The highest BCUT2D eigenvalue weighted by Gasteiger charge is 2.39. The predicted molar refractivity (Wildman–Crippen MR) is 74.7 cm³/mol. The van der Waals surface area contributed by atoms with Gasteiger partial charge < -0.3 is 5.32 Å². The summed E-state index contributed by atoms with van der Waals surface area (Å²) >= 11 is 0. The third kappa shape index (κ3) is 2.64. The van der Waals surface area contributed by atoms with Crippen molar-refractivity contribution in [3.8, 4) is 0 Å². The molecule has 0 saturated carbocycles. The summed E-state index contributed by atoms with van der Waals surface area (Å²) in [5.74, 6) is 0.420. The van der Waals surface area contributed by atoms with Crippen molar-refractivity contribution in [2.24, 2.45) is 5.41 Å². The average molecular weight is 245 g/mol. The minimum absolute atomic E-state index is 0.100. The van der Waals surface area contributed by atoms with E-state index >= 15 is 0 Å². The molecule has 1 fully saturated rings. The van der Waals surface area contributed by atoms with Crippen LogP contribution in [0, 0.1) is 12.3 Å². The number of aryl methyl sites for hydroxylation is 1. The van der Waals surface area contributed by atoms with Crippen molar-refractivity contribution < 1.29 is 4.79 Å². The third-order valence-corrected chi connectivity index (χ3v) is 4.18. The molecule has 2 heteroatoms. The van der Waals surface area contributed by atoms with Crippen LogP contribution in [0.1, 0.15) is 37.3 Å². The molecular weight excluding hydrogens is 222 g/mol. The van der Waals surface area contributed by atoms with Gasteiger partial charge in [0.1, 0.15) is 5.78 Å². The first-order valence-corrected chi connectivity index (χ1v) is 6.96. The number of rotatable bonds is 5. The molecule has 0 aromatic heterocycles. The zero-order chi connectivity index (χ0) is 13.0. The second-order valence-corrected chi connectivity index (χ2v) is 5.48. The van der Waals surface area contributed by atoms with E-state index in [0.717, 1.165) is 32.4 Å². The smallest absolute Gasteiger partial charge is 0.144 e. The molecule has 1 aromatic carbocycles. The van der Waals surface area contributed by atoms with Crippen LogP contribution in [-0.4, -0.2) is 18.9 Å². The number of nitrogens with one attached hydrogen (secondary N) is 1. The van der Waals surface area contributed by atoms with Crippen molar-refractivity contribution >= 4 is 5.78 Å². The van der Waals surface area contributed by atoms with Crippen molar-refractivity contribution in [3.05, 3.63) is 35.4 Å². The Morgan fingerprint density at radius 2 is 2.17 bits per heavy atom. The first-order chi connectivity index (χ1) is 8.68. The van der Waals surface area contributed by atoms with Gasteiger partial charge in [0.05, 0.1) is 0 Å². The minimum atomic E-state index is -0.100. The highest BCUT2D eigenvalue weighted by atomic mass is 16.1. The molecule has 1 aromatic rings. The van der Waals surface area contributed by atoms with Gasteiger partial charge in [-0.25, -0.2) is 0 Å². The molecule has 1 heterocycles. The summed E-state index contributed by atoms with van der Waals surface area (Å²) < 4.78 is 0. The Labute approximate surface area is 110 Å². The van der Waals surface area contributed by atoms with E-state index in [2.05, 4.69) is 31.3 Å². The van der Waals surface area contributed by atoms with Gasteiger partial charge in [-0.3, -0.25) is 4.79 Å². The molecule has 1 saturated heterocycles. The Bertz CT molecular complexity index is 419. The fraction of sp³-hybridized carbons (Fsp3) is 0.562. The lowest BCUT2D eigenvalue weighted by Crippen LogP contribution is -2.34. The zero-order valence-corrected chi connectivity index (χ0v) is 11.5. The van der Waals surface area contributed by atoms with Crippen LogP contribution in [0.5, 0.6) is 0 Å². The number of ketones is 1. The normalized spacial score (nSPS) is 23.2. The molecule has 0 bridgehead atoms. The van der Waals surface area contributed by atoms with E-state index in [-0.39, 0.29) is 5.41 Å². The van der Waals surface area contributed by atoms with Gasteiger partial charge >= 0.3 is 0 Å². The number of hydrogen-bond donors (Lipinski definition) is 1. The maximum absolute atomic E-state index is 12.6. The van der Waals surface area contributed by atoms with E-state index in [9.17, 15) is 4.79 Å². The van der Waals surface area contributed by atoms with Gasteiger partial charge in [0.15, 0.2) is 0 Å². The average Bonchev–Trinajstić information content (AvgIpc) is 2.82. The fourth-order valence-electron chi connectivity index (χ4n) is 2.98. The fourth-order valence-corrected chi connectivity index (χ4v) is 2.98. The first-order valence-electron chi connectivity index (χ1n) is 6.96. The Hall–Kier alpha value is -1.15. The predicted octanol–water partition coefficient (Wildman–Crippen LogP) is 2.89. The van der Waals surface area contributed by atoms with E-state index in [1.165, 1.54) is 11.1 Å². The van der Waals surface area contributed by atoms with Crippen molar-refractivity contribution in [1.29, 1.82) is 0 Å². The maximum Gasteiger partial charge on any atom is 0.144 e. The third-order valence-electron chi connectivity index (χ3n) is 4.18. The highest BCUT2D eigenvalue weighted by molar-refractivity contribution is 5.87. The molecule has 1 unspecified atom stereocenters. The molecule has 1 aliphatic heterocycles. The lowest BCUT2D eigenvalue weighted by molar-refractivity contribution is -0.127. The van der Waals surface area contributed by atoms with Crippen LogP contribution >= 0.6 is 0 Å². The standard InChI is InChI=1S/C16H23NO/c1-3-8-16(9-10-17-12-16)15(18)11-14-7-5-4-6-13(14)2/h4-7,17H,3,8-12H2,1-2H3. The van der Waals surface area contributed by atoms with Crippen LogP contribution in [0.3, 0.4) is 0 Å². The summed E-state index contributed by atoms with van der Waals surface area (Å²) in [6.07, 6.45) is 3.70. The summed E-state index contributed by atoms with van der Waals surface area (Å²) in [7, 11) is 0. The van der Waals surface area contributed by atoms with Gasteiger partial charge in [-0.15, -0.1) is 0 Å². The van der Waals surface area contributed by atoms with Gasteiger partial charge in [-0.1, -0.05) is 37.6 Å². The van der Waals surface area contributed by atoms with Crippen LogP contribution in [0.15, 0.2) is 24.3 Å². The minimum Gasteiger partial charge on any atom is -0.316 e. The number of carbonyl (C=O) groups excluding carboxylic acids is 1. The molecule has 1 aliphatic rings. The van der Waals surface area contributed by atoms with Crippen LogP contribution in [0.4, 0.5) is 0 Å². The largest absolute Gasteiger partial charge is 0.316 e.